The Balaban J connectivity index is 1.55. The summed E-state index contributed by atoms with van der Waals surface area (Å²) in [5, 5.41) is 8.89. The summed E-state index contributed by atoms with van der Waals surface area (Å²) in [4.78, 5) is 9.40. The van der Waals surface area contributed by atoms with Crippen LogP contribution in [-0.2, 0) is 13.1 Å². The molecule has 2 aromatic carbocycles. The second kappa shape index (κ2) is 8.49. The Labute approximate surface area is 174 Å². The number of ether oxygens (including phenoxy) is 1. The molecule has 0 bridgehead atoms. The molecule has 6 heteroatoms. The van der Waals surface area contributed by atoms with Gasteiger partial charge in [-0.05, 0) is 42.5 Å². The minimum atomic E-state index is 0.593. The first kappa shape index (κ1) is 19.2. The number of thiophene rings is 1. The molecule has 0 aliphatic carbocycles. The lowest BCUT2D eigenvalue weighted by Crippen LogP contribution is -2.08. The van der Waals surface area contributed by atoms with Crippen LogP contribution in [0, 0.1) is 13.8 Å². The van der Waals surface area contributed by atoms with Crippen molar-refractivity contribution in [2.24, 2.45) is 0 Å². The van der Waals surface area contributed by atoms with Gasteiger partial charge in [-0.15, -0.1) is 11.3 Å². The van der Waals surface area contributed by atoms with Crippen molar-refractivity contribution in [3.8, 4) is 5.75 Å². The normalized spacial score (nSPS) is 10.9. The van der Waals surface area contributed by atoms with Crippen LogP contribution < -0.4 is 15.4 Å². The van der Waals surface area contributed by atoms with E-state index in [4.69, 9.17) is 9.72 Å². The predicted molar refractivity (Wildman–Crippen MR) is 121 cm³/mol. The summed E-state index contributed by atoms with van der Waals surface area (Å²) >= 11 is 1.65. The molecule has 5 nitrogen and oxygen atoms in total. The summed E-state index contributed by atoms with van der Waals surface area (Å²) in [6.45, 7) is 5.58. The van der Waals surface area contributed by atoms with Crippen molar-refractivity contribution < 1.29 is 4.74 Å². The summed E-state index contributed by atoms with van der Waals surface area (Å²) in [6.07, 6.45) is 0. The monoisotopic (exact) mass is 404 g/mol. The number of hydrogen-bond donors (Lipinski definition) is 2. The SMILES string of the molecule is COc1ccccc1CNc1nc(NCc2ccc(C)cc2C)c2sccc2n1. The van der Waals surface area contributed by atoms with Gasteiger partial charge in [0.25, 0.3) is 0 Å². The molecule has 2 aromatic heterocycles. The molecule has 0 saturated heterocycles. The van der Waals surface area contributed by atoms with Crippen LogP contribution in [0.3, 0.4) is 0 Å². The lowest BCUT2D eigenvalue weighted by Gasteiger charge is -2.13. The first-order chi connectivity index (χ1) is 14.1. The summed E-state index contributed by atoms with van der Waals surface area (Å²) in [6, 6.07) is 16.5. The van der Waals surface area contributed by atoms with E-state index in [0.717, 1.165) is 33.9 Å². The zero-order chi connectivity index (χ0) is 20.2. The summed E-state index contributed by atoms with van der Waals surface area (Å²) in [5.74, 6) is 2.31. The number of nitrogens with one attached hydrogen (secondary N) is 2. The minimum Gasteiger partial charge on any atom is -0.496 e. The molecule has 0 atom stereocenters. The Morgan fingerprint density at radius 3 is 2.59 bits per heavy atom. The van der Waals surface area contributed by atoms with E-state index in [0.29, 0.717) is 12.5 Å². The van der Waals surface area contributed by atoms with E-state index in [1.807, 2.05) is 35.7 Å². The summed E-state index contributed by atoms with van der Waals surface area (Å²) < 4.78 is 6.50. The van der Waals surface area contributed by atoms with Gasteiger partial charge in [0.05, 0.1) is 17.3 Å². The molecule has 0 amide bonds. The zero-order valence-electron chi connectivity index (χ0n) is 16.8. The highest BCUT2D eigenvalue weighted by molar-refractivity contribution is 7.17. The summed E-state index contributed by atoms with van der Waals surface area (Å²) in [5.41, 5.74) is 5.83. The van der Waals surface area contributed by atoms with Crippen LogP contribution in [0.1, 0.15) is 22.3 Å². The molecule has 4 aromatic rings. The number of nitrogens with zero attached hydrogens (tertiary/aromatic N) is 2. The molecule has 0 spiro atoms. The van der Waals surface area contributed by atoms with Gasteiger partial charge in [0.1, 0.15) is 11.6 Å². The number of anilines is 2. The number of benzene rings is 2. The Hall–Kier alpha value is -3.12. The number of methoxy groups -OCH3 is 1. The quantitative estimate of drug-likeness (QED) is 0.423. The third-order valence-electron chi connectivity index (χ3n) is 4.88. The minimum absolute atomic E-state index is 0.593. The fourth-order valence-corrected chi connectivity index (χ4v) is 4.11. The Bertz CT molecular complexity index is 1140. The van der Waals surface area contributed by atoms with Crippen molar-refractivity contribution in [3.05, 3.63) is 76.2 Å². The summed E-state index contributed by atoms with van der Waals surface area (Å²) in [7, 11) is 1.68. The van der Waals surface area contributed by atoms with Gasteiger partial charge < -0.3 is 15.4 Å². The molecular formula is C23H24N4OS. The van der Waals surface area contributed by atoms with Crippen molar-refractivity contribution in [2.45, 2.75) is 26.9 Å². The molecule has 0 fully saturated rings. The highest BCUT2D eigenvalue weighted by atomic mass is 32.1. The fourth-order valence-electron chi connectivity index (χ4n) is 3.31. The Morgan fingerprint density at radius 1 is 0.931 bits per heavy atom. The second-order valence-electron chi connectivity index (χ2n) is 6.98. The maximum atomic E-state index is 5.43. The van der Waals surface area contributed by atoms with Crippen molar-refractivity contribution >= 4 is 33.3 Å². The number of aryl methyl sites for hydroxylation is 2. The van der Waals surface area contributed by atoms with Gasteiger partial charge in [0.2, 0.25) is 5.95 Å². The van der Waals surface area contributed by atoms with E-state index < -0.39 is 0 Å². The zero-order valence-corrected chi connectivity index (χ0v) is 17.6. The van der Waals surface area contributed by atoms with Crippen molar-refractivity contribution in [3.63, 3.8) is 0 Å². The number of hydrogen-bond acceptors (Lipinski definition) is 6. The van der Waals surface area contributed by atoms with E-state index in [1.54, 1.807) is 18.4 Å². The molecule has 0 saturated carbocycles. The molecule has 29 heavy (non-hydrogen) atoms. The highest BCUT2D eigenvalue weighted by Gasteiger charge is 2.10. The van der Waals surface area contributed by atoms with Gasteiger partial charge in [0, 0.05) is 18.7 Å². The number of para-hydroxylation sites is 1. The highest BCUT2D eigenvalue weighted by Crippen LogP contribution is 2.28. The third kappa shape index (κ3) is 4.32. The lowest BCUT2D eigenvalue weighted by atomic mass is 10.1. The lowest BCUT2D eigenvalue weighted by molar-refractivity contribution is 0.410. The molecule has 0 aliphatic rings. The molecule has 0 radical (unpaired) electrons. The first-order valence-electron chi connectivity index (χ1n) is 9.55. The molecule has 4 rings (SSSR count). The van der Waals surface area contributed by atoms with Crippen molar-refractivity contribution in [1.82, 2.24) is 9.97 Å². The van der Waals surface area contributed by atoms with Crippen LogP contribution in [0.2, 0.25) is 0 Å². The number of rotatable bonds is 7. The van der Waals surface area contributed by atoms with Gasteiger partial charge in [-0.25, -0.2) is 4.98 Å². The standard InChI is InChI=1S/C23H24N4OS/c1-15-8-9-17(16(2)12-15)13-24-22-21-19(10-11-29-21)26-23(27-22)25-14-18-6-4-5-7-20(18)28-3/h4-12H,13-14H2,1-3H3,(H2,24,25,26,27). The molecule has 148 valence electrons. The Kier molecular flexibility index (Phi) is 5.62. The Morgan fingerprint density at radius 2 is 1.76 bits per heavy atom. The van der Waals surface area contributed by atoms with Crippen LogP contribution in [0.5, 0.6) is 5.75 Å². The number of fused-ring (bicyclic) bond motifs is 1. The maximum absolute atomic E-state index is 5.43. The van der Waals surface area contributed by atoms with Crippen LogP contribution in [0.4, 0.5) is 11.8 Å². The molecule has 2 heterocycles. The van der Waals surface area contributed by atoms with E-state index in [-0.39, 0.29) is 0 Å². The molecule has 0 aliphatic heterocycles. The van der Waals surface area contributed by atoms with Crippen LogP contribution in [-0.4, -0.2) is 17.1 Å². The fraction of sp³-hybridized carbons (Fsp3) is 0.217. The van der Waals surface area contributed by atoms with E-state index in [2.05, 4.69) is 47.7 Å². The van der Waals surface area contributed by atoms with Gasteiger partial charge in [-0.1, -0.05) is 42.0 Å². The van der Waals surface area contributed by atoms with Crippen LogP contribution in [0.15, 0.2) is 53.9 Å². The van der Waals surface area contributed by atoms with Gasteiger partial charge in [0.15, 0.2) is 0 Å². The van der Waals surface area contributed by atoms with Gasteiger partial charge >= 0.3 is 0 Å². The van der Waals surface area contributed by atoms with E-state index >= 15 is 0 Å². The van der Waals surface area contributed by atoms with Gasteiger partial charge in [-0.2, -0.15) is 4.98 Å². The van der Waals surface area contributed by atoms with Crippen molar-refractivity contribution in [2.75, 3.05) is 17.7 Å². The van der Waals surface area contributed by atoms with Crippen LogP contribution in [0.25, 0.3) is 10.2 Å². The average Bonchev–Trinajstić information content (AvgIpc) is 3.20. The second-order valence-corrected chi connectivity index (χ2v) is 7.90. The molecular weight excluding hydrogens is 380 g/mol. The molecule has 0 unspecified atom stereocenters. The molecule has 2 N–H and O–H groups in total. The number of aromatic nitrogens is 2. The van der Waals surface area contributed by atoms with E-state index in [9.17, 15) is 0 Å². The van der Waals surface area contributed by atoms with Crippen molar-refractivity contribution in [1.29, 1.82) is 0 Å². The smallest absolute Gasteiger partial charge is 0.225 e. The van der Waals surface area contributed by atoms with E-state index in [1.165, 1.54) is 16.7 Å². The largest absolute Gasteiger partial charge is 0.496 e. The average molecular weight is 405 g/mol. The van der Waals surface area contributed by atoms with Gasteiger partial charge in [-0.3, -0.25) is 0 Å². The predicted octanol–water partition coefficient (Wildman–Crippen LogP) is 5.54. The van der Waals surface area contributed by atoms with Crippen LogP contribution >= 0.6 is 11.3 Å². The maximum Gasteiger partial charge on any atom is 0.225 e. The first-order valence-corrected chi connectivity index (χ1v) is 10.4. The third-order valence-corrected chi connectivity index (χ3v) is 5.79. The topological polar surface area (TPSA) is 59.1 Å².